The summed E-state index contributed by atoms with van der Waals surface area (Å²) in [6.07, 6.45) is 8.92. The zero-order chi connectivity index (χ0) is 22.6. The van der Waals surface area contributed by atoms with Gasteiger partial charge < -0.3 is 9.84 Å². The molecular weight excluding hydrogens is 404 g/mol. The van der Waals surface area contributed by atoms with E-state index >= 15 is 0 Å². The quantitative estimate of drug-likeness (QED) is 0.205. The van der Waals surface area contributed by atoms with Gasteiger partial charge in [-0.05, 0) is 66.6 Å². The average Bonchev–Trinajstić information content (AvgIpc) is 3.31. The minimum atomic E-state index is -0.391. The van der Waals surface area contributed by atoms with E-state index in [1.165, 1.54) is 38.3 Å². The number of phenolic OH excluding ortho intramolecular Hbond substituents is 1. The maximum atomic E-state index is 12.3. The number of nitrogens with zero attached hydrogens (tertiary/aromatic N) is 2. The summed E-state index contributed by atoms with van der Waals surface area (Å²) in [6.45, 7) is 2.95. The number of H-pyrrole nitrogens is 1. The number of phenols is 1. The number of aromatic hydroxyl groups is 1. The van der Waals surface area contributed by atoms with Crippen molar-refractivity contribution in [2.45, 2.75) is 45.4 Å². The zero-order valence-electron chi connectivity index (χ0n) is 18.4. The SMILES string of the molecule is CCCCCCCCOc1ccc(-c2cc(C(=O)N/N=C/c3ccc(O)cc3)[nH]n2)cc1. The molecule has 1 amide bonds. The lowest BCUT2D eigenvalue weighted by Gasteiger charge is -2.06. The van der Waals surface area contributed by atoms with Crippen LogP contribution in [0.1, 0.15) is 61.5 Å². The second kappa shape index (κ2) is 12.3. The molecule has 0 radical (unpaired) electrons. The number of nitrogens with one attached hydrogen (secondary N) is 2. The lowest BCUT2D eigenvalue weighted by Crippen LogP contribution is -2.17. The maximum absolute atomic E-state index is 12.3. The van der Waals surface area contributed by atoms with Crippen LogP contribution < -0.4 is 10.2 Å². The first kappa shape index (κ1) is 23.1. The molecule has 0 bridgehead atoms. The van der Waals surface area contributed by atoms with Crippen LogP contribution in [0.15, 0.2) is 59.7 Å². The van der Waals surface area contributed by atoms with Gasteiger partial charge in [-0.2, -0.15) is 10.2 Å². The lowest BCUT2D eigenvalue weighted by molar-refractivity contribution is 0.0950. The Morgan fingerprint density at radius 2 is 1.78 bits per heavy atom. The number of unbranched alkanes of at least 4 members (excludes halogenated alkanes) is 5. The molecule has 1 heterocycles. The fourth-order valence-electron chi connectivity index (χ4n) is 3.17. The van der Waals surface area contributed by atoms with Crippen LogP contribution in [0.5, 0.6) is 11.5 Å². The summed E-state index contributed by atoms with van der Waals surface area (Å²) in [5.74, 6) is 0.616. The van der Waals surface area contributed by atoms with Crippen molar-refractivity contribution in [3.8, 4) is 22.8 Å². The topological polar surface area (TPSA) is 99.6 Å². The normalized spacial score (nSPS) is 11.0. The molecule has 3 N–H and O–H groups in total. The Hall–Kier alpha value is -3.61. The van der Waals surface area contributed by atoms with Gasteiger partial charge >= 0.3 is 0 Å². The van der Waals surface area contributed by atoms with Crippen LogP contribution >= 0.6 is 0 Å². The van der Waals surface area contributed by atoms with Gasteiger partial charge in [-0.1, -0.05) is 39.0 Å². The fraction of sp³-hybridized carbons (Fsp3) is 0.320. The molecule has 0 unspecified atom stereocenters. The van der Waals surface area contributed by atoms with Crippen LogP contribution in [0.3, 0.4) is 0 Å². The number of hydrazone groups is 1. The van der Waals surface area contributed by atoms with Crippen LogP contribution in [-0.2, 0) is 0 Å². The lowest BCUT2D eigenvalue weighted by atomic mass is 10.1. The van der Waals surface area contributed by atoms with Crippen molar-refractivity contribution in [2.75, 3.05) is 6.61 Å². The number of amides is 1. The van der Waals surface area contributed by atoms with Crippen LogP contribution in [0.4, 0.5) is 0 Å². The van der Waals surface area contributed by atoms with Crippen LogP contribution in [0.25, 0.3) is 11.3 Å². The number of carbonyl (C=O) groups is 1. The smallest absolute Gasteiger partial charge is 0.289 e. The molecule has 0 aliphatic heterocycles. The minimum Gasteiger partial charge on any atom is -0.508 e. The summed E-state index contributed by atoms with van der Waals surface area (Å²) in [5.41, 5.74) is 5.08. The molecule has 3 rings (SSSR count). The third kappa shape index (κ3) is 7.27. The molecule has 0 atom stereocenters. The minimum absolute atomic E-state index is 0.175. The monoisotopic (exact) mass is 434 g/mol. The highest BCUT2D eigenvalue weighted by Gasteiger charge is 2.10. The summed E-state index contributed by atoms with van der Waals surface area (Å²) >= 11 is 0. The third-order valence-corrected chi connectivity index (χ3v) is 5.01. The summed E-state index contributed by atoms with van der Waals surface area (Å²) in [5, 5.41) is 20.2. The highest BCUT2D eigenvalue weighted by atomic mass is 16.5. The Morgan fingerprint density at radius 1 is 1.06 bits per heavy atom. The van der Waals surface area contributed by atoms with Gasteiger partial charge in [-0.3, -0.25) is 9.89 Å². The van der Waals surface area contributed by atoms with E-state index in [0.29, 0.717) is 11.4 Å². The zero-order valence-corrected chi connectivity index (χ0v) is 18.4. The largest absolute Gasteiger partial charge is 0.508 e. The second-order valence-electron chi connectivity index (χ2n) is 7.60. The Morgan fingerprint density at radius 3 is 2.53 bits per heavy atom. The summed E-state index contributed by atoms with van der Waals surface area (Å²) in [7, 11) is 0. The number of carbonyl (C=O) groups excluding carboxylic acids is 1. The summed E-state index contributed by atoms with van der Waals surface area (Å²) < 4.78 is 5.81. The van der Waals surface area contributed by atoms with E-state index in [1.807, 2.05) is 24.3 Å². The number of rotatable bonds is 12. The average molecular weight is 435 g/mol. The van der Waals surface area contributed by atoms with Crippen molar-refractivity contribution in [3.05, 3.63) is 65.9 Å². The molecule has 2 aromatic carbocycles. The van der Waals surface area contributed by atoms with Crippen molar-refractivity contribution in [3.63, 3.8) is 0 Å². The number of aromatic nitrogens is 2. The van der Waals surface area contributed by atoms with Crippen molar-refractivity contribution >= 4 is 12.1 Å². The molecule has 0 aliphatic carbocycles. The number of aromatic amines is 1. The number of hydrogen-bond donors (Lipinski definition) is 3. The van der Waals surface area contributed by atoms with E-state index < -0.39 is 5.91 Å². The van der Waals surface area contributed by atoms with Gasteiger partial charge in [0, 0.05) is 5.56 Å². The van der Waals surface area contributed by atoms with Gasteiger partial charge in [0.2, 0.25) is 0 Å². The second-order valence-corrected chi connectivity index (χ2v) is 7.60. The van der Waals surface area contributed by atoms with Crippen molar-refractivity contribution in [1.82, 2.24) is 15.6 Å². The molecule has 0 fully saturated rings. The van der Waals surface area contributed by atoms with Crippen LogP contribution in [0.2, 0.25) is 0 Å². The van der Waals surface area contributed by atoms with Gasteiger partial charge in [-0.15, -0.1) is 0 Å². The van der Waals surface area contributed by atoms with Crippen molar-refractivity contribution in [1.29, 1.82) is 0 Å². The summed E-state index contributed by atoms with van der Waals surface area (Å²) in [4.78, 5) is 12.3. The predicted molar refractivity (Wildman–Crippen MR) is 126 cm³/mol. The Labute approximate surface area is 188 Å². The van der Waals surface area contributed by atoms with Gasteiger partial charge in [0.1, 0.15) is 17.2 Å². The molecule has 0 saturated carbocycles. The van der Waals surface area contributed by atoms with E-state index in [-0.39, 0.29) is 5.75 Å². The number of hydrogen-bond acceptors (Lipinski definition) is 5. The molecule has 3 aromatic rings. The Bertz CT molecular complexity index is 995. The summed E-state index contributed by atoms with van der Waals surface area (Å²) in [6, 6.07) is 15.9. The van der Waals surface area contributed by atoms with E-state index in [1.54, 1.807) is 30.3 Å². The molecular formula is C25H30N4O3. The molecule has 7 heteroatoms. The first-order valence-electron chi connectivity index (χ1n) is 11.1. The molecule has 7 nitrogen and oxygen atoms in total. The van der Waals surface area contributed by atoms with E-state index in [4.69, 9.17) is 4.74 Å². The maximum Gasteiger partial charge on any atom is 0.289 e. The van der Waals surface area contributed by atoms with E-state index in [0.717, 1.165) is 29.9 Å². The highest BCUT2D eigenvalue weighted by molar-refractivity contribution is 5.94. The number of ether oxygens (including phenoxy) is 1. The first-order chi connectivity index (χ1) is 15.7. The molecule has 168 valence electrons. The molecule has 0 spiro atoms. The predicted octanol–water partition coefficient (Wildman–Crippen LogP) is 5.29. The van der Waals surface area contributed by atoms with Crippen molar-refractivity contribution < 1.29 is 14.6 Å². The van der Waals surface area contributed by atoms with E-state index in [2.05, 4.69) is 27.6 Å². The van der Waals surface area contributed by atoms with Gasteiger partial charge in [0.15, 0.2) is 0 Å². The standard InChI is InChI=1S/C25H30N4O3/c1-2-3-4-5-6-7-16-32-22-14-10-20(11-15-22)23-17-24(28-27-23)25(31)29-26-18-19-8-12-21(30)13-9-19/h8-15,17-18,30H,2-7,16H2,1H3,(H,27,28)(H,29,31)/b26-18+. The highest BCUT2D eigenvalue weighted by Crippen LogP contribution is 2.21. The van der Waals surface area contributed by atoms with Crippen LogP contribution in [-0.4, -0.2) is 34.0 Å². The fourth-order valence-corrected chi connectivity index (χ4v) is 3.17. The molecule has 1 aromatic heterocycles. The third-order valence-electron chi connectivity index (χ3n) is 5.01. The van der Waals surface area contributed by atoms with Gasteiger partial charge in [0.05, 0.1) is 18.5 Å². The Balaban J connectivity index is 1.46. The van der Waals surface area contributed by atoms with E-state index in [9.17, 15) is 9.90 Å². The molecule has 32 heavy (non-hydrogen) atoms. The Kier molecular flexibility index (Phi) is 8.86. The molecule has 0 saturated heterocycles. The van der Waals surface area contributed by atoms with Gasteiger partial charge in [0.25, 0.3) is 5.91 Å². The van der Waals surface area contributed by atoms with Crippen molar-refractivity contribution in [2.24, 2.45) is 5.10 Å². The van der Waals surface area contributed by atoms with Crippen LogP contribution in [0, 0.1) is 0 Å². The first-order valence-corrected chi connectivity index (χ1v) is 11.1. The number of benzene rings is 2. The van der Waals surface area contributed by atoms with Gasteiger partial charge in [-0.25, -0.2) is 5.43 Å². The molecule has 0 aliphatic rings.